The van der Waals surface area contributed by atoms with Gasteiger partial charge in [-0.1, -0.05) is 54.2 Å². The number of benzene rings is 2. The predicted octanol–water partition coefficient (Wildman–Crippen LogP) is 3.26. The number of rotatable bonds is 6. The summed E-state index contributed by atoms with van der Waals surface area (Å²) < 4.78 is 5.54. The van der Waals surface area contributed by atoms with Crippen LogP contribution >= 0.6 is 11.8 Å². The molecule has 6 nitrogen and oxygen atoms in total. The van der Waals surface area contributed by atoms with Gasteiger partial charge in [0.25, 0.3) is 5.22 Å². The van der Waals surface area contributed by atoms with Crippen LogP contribution < -0.4 is 5.32 Å². The van der Waals surface area contributed by atoms with Crippen LogP contribution in [0.1, 0.15) is 17.0 Å². The van der Waals surface area contributed by atoms with Crippen LogP contribution in [0.4, 0.5) is 5.69 Å². The average molecular weight is 350 g/mol. The van der Waals surface area contributed by atoms with Crippen LogP contribution in [0, 0.1) is 11.3 Å². The molecule has 0 spiro atoms. The fourth-order valence-corrected chi connectivity index (χ4v) is 2.72. The second kappa shape index (κ2) is 8.13. The van der Waals surface area contributed by atoms with Gasteiger partial charge < -0.3 is 9.73 Å². The first kappa shape index (κ1) is 16.7. The number of para-hydroxylation sites is 1. The third kappa shape index (κ3) is 4.68. The fourth-order valence-electron chi connectivity index (χ4n) is 2.14. The highest BCUT2D eigenvalue weighted by atomic mass is 32.2. The molecule has 0 saturated carbocycles. The molecule has 0 fully saturated rings. The van der Waals surface area contributed by atoms with Gasteiger partial charge in [-0.05, 0) is 17.7 Å². The molecule has 1 heterocycles. The molecule has 1 aromatic heterocycles. The molecule has 124 valence electrons. The summed E-state index contributed by atoms with van der Waals surface area (Å²) in [6.45, 7) is 0. The highest BCUT2D eigenvalue weighted by Gasteiger charge is 2.11. The van der Waals surface area contributed by atoms with Gasteiger partial charge >= 0.3 is 0 Å². The van der Waals surface area contributed by atoms with Gasteiger partial charge in [0.05, 0.1) is 23.4 Å². The number of anilines is 1. The molecule has 2 aromatic carbocycles. The summed E-state index contributed by atoms with van der Waals surface area (Å²) in [5.41, 5.74) is 1.99. The molecular weight excluding hydrogens is 336 g/mol. The Morgan fingerprint density at radius 3 is 2.68 bits per heavy atom. The van der Waals surface area contributed by atoms with Gasteiger partial charge in [0.15, 0.2) is 0 Å². The summed E-state index contributed by atoms with van der Waals surface area (Å²) in [5.74, 6) is 0.381. The van der Waals surface area contributed by atoms with Crippen molar-refractivity contribution in [1.29, 1.82) is 5.26 Å². The Kier molecular flexibility index (Phi) is 5.44. The molecular formula is C18H14N4O2S. The van der Waals surface area contributed by atoms with E-state index >= 15 is 0 Å². The Labute approximate surface area is 148 Å². The minimum absolute atomic E-state index is 0.118. The van der Waals surface area contributed by atoms with Gasteiger partial charge in [0.2, 0.25) is 11.8 Å². The maximum atomic E-state index is 12.0. The number of nitrogens with one attached hydrogen (secondary N) is 1. The van der Waals surface area contributed by atoms with E-state index in [1.165, 1.54) is 0 Å². The quantitative estimate of drug-likeness (QED) is 0.686. The average Bonchev–Trinajstić information content (AvgIpc) is 3.09. The molecule has 0 aliphatic heterocycles. The first-order chi connectivity index (χ1) is 12.2. The van der Waals surface area contributed by atoms with Gasteiger partial charge in [0, 0.05) is 0 Å². The van der Waals surface area contributed by atoms with Crippen molar-refractivity contribution >= 4 is 23.4 Å². The van der Waals surface area contributed by atoms with Crippen LogP contribution in [0.25, 0.3) is 0 Å². The molecule has 0 radical (unpaired) electrons. The second-order valence-electron chi connectivity index (χ2n) is 5.12. The number of carbonyl (C=O) groups is 1. The fraction of sp³-hybridized carbons (Fsp3) is 0.111. The van der Waals surface area contributed by atoms with E-state index in [1.54, 1.807) is 24.3 Å². The van der Waals surface area contributed by atoms with Gasteiger partial charge in [0.1, 0.15) is 6.07 Å². The third-order valence-corrected chi connectivity index (χ3v) is 4.11. The van der Waals surface area contributed by atoms with Crippen LogP contribution in [0.2, 0.25) is 0 Å². The zero-order valence-corrected chi connectivity index (χ0v) is 14.0. The van der Waals surface area contributed by atoms with Crippen LogP contribution in [0.3, 0.4) is 0 Å². The lowest BCUT2D eigenvalue weighted by molar-refractivity contribution is -0.113. The Morgan fingerprint density at radius 1 is 1.12 bits per heavy atom. The Bertz CT molecular complexity index is 903. The van der Waals surface area contributed by atoms with Crippen molar-refractivity contribution in [2.45, 2.75) is 11.6 Å². The first-order valence-corrected chi connectivity index (χ1v) is 8.51. The molecule has 0 atom stereocenters. The van der Waals surface area contributed by atoms with E-state index in [2.05, 4.69) is 15.5 Å². The van der Waals surface area contributed by atoms with E-state index in [4.69, 9.17) is 9.68 Å². The monoisotopic (exact) mass is 350 g/mol. The van der Waals surface area contributed by atoms with Gasteiger partial charge in [-0.15, -0.1) is 10.2 Å². The lowest BCUT2D eigenvalue weighted by atomic mass is 10.2. The number of amides is 1. The van der Waals surface area contributed by atoms with Crippen LogP contribution in [0.5, 0.6) is 0 Å². The minimum Gasteiger partial charge on any atom is -0.416 e. The molecule has 3 rings (SSSR count). The van der Waals surface area contributed by atoms with E-state index in [0.29, 0.717) is 28.8 Å². The lowest BCUT2D eigenvalue weighted by Gasteiger charge is -2.05. The topological polar surface area (TPSA) is 91.8 Å². The molecule has 25 heavy (non-hydrogen) atoms. The molecule has 1 N–H and O–H groups in total. The number of hydrogen-bond acceptors (Lipinski definition) is 6. The van der Waals surface area contributed by atoms with Gasteiger partial charge in [-0.25, -0.2) is 0 Å². The summed E-state index contributed by atoms with van der Waals surface area (Å²) in [5, 5.41) is 20.0. The summed E-state index contributed by atoms with van der Waals surface area (Å²) in [6.07, 6.45) is 0.552. The number of hydrogen-bond donors (Lipinski definition) is 1. The predicted molar refractivity (Wildman–Crippen MR) is 94.1 cm³/mol. The van der Waals surface area contributed by atoms with E-state index < -0.39 is 0 Å². The maximum absolute atomic E-state index is 12.0. The first-order valence-electron chi connectivity index (χ1n) is 7.52. The number of carbonyl (C=O) groups excluding carboxylic acids is 1. The van der Waals surface area contributed by atoms with Crippen molar-refractivity contribution in [2.75, 3.05) is 11.1 Å². The molecule has 0 aliphatic carbocycles. The number of nitriles is 1. The zero-order chi connectivity index (χ0) is 17.5. The molecule has 0 saturated heterocycles. The van der Waals surface area contributed by atoms with Gasteiger partial charge in [-0.2, -0.15) is 5.26 Å². The third-order valence-electron chi connectivity index (χ3n) is 3.29. The molecule has 3 aromatic rings. The number of thioether (sulfide) groups is 1. The van der Waals surface area contributed by atoms with Crippen LogP contribution in [0.15, 0.2) is 64.2 Å². The molecule has 0 bridgehead atoms. The highest BCUT2D eigenvalue weighted by Crippen LogP contribution is 2.19. The summed E-state index contributed by atoms with van der Waals surface area (Å²) in [7, 11) is 0. The van der Waals surface area contributed by atoms with Crippen molar-refractivity contribution < 1.29 is 9.21 Å². The van der Waals surface area contributed by atoms with Crippen molar-refractivity contribution in [1.82, 2.24) is 10.2 Å². The second-order valence-corrected chi connectivity index (χ2v) is 6.04. The zero-order valence-electron chi connectivity index (χ0n) is 13.2. The Morgan fingerprint density at radius 2 is 1.88 bits per heavy atom. The Balaban J connectivity index is 1.53. The largest absolute Gasteiger partial charge is 0.416 e. The van der Waals surface area contributed by atoms with Gasteiger partial charge in [-0.3, -0.25) is 4.79 Å². The smallest absolute Gasteiger partial charge is 0.277 e. The van der Waals surface area contributed by atoms with Crippen LogP contribution in [-0.2, 0) is 11.2 Å². The van der Waals surface area contributed by atoms with E-state index in [1.807, 2.05) is 36.4 Å². The van der Waals surface area contributed by atoms with E-state index in [0.717, 1.165) is 17.3 Å². The van der Waals surface area contributed by atoms with Crippen molar-refractivity contribution in [2.24, 2.45) is 0 Å². The SMILES string of the molecule is N#Cc1ccccc1NC(=O)CSc1nnc(Cc2ccccc2)o1. The number of aromatic nitrogens is 2. The standard InChI is InChI=1S/C18H14N4O2S/c19-11-14-8-4-5-9-15(14)20-16(23)12-25-18-22-21-17(24-18)10-13-6-2-1-3-7-13/h1-9H,10,12H2,(H,20,23). The van der Waals surface area contributed by atoms with E-state index in [-0.39, 0.29) is 11.7 Å². The van der Waals surface area contributed by atoms with Crippen molar-refractivity contribution in [3.8, 4) is 6.07 Å². The molecule has 0 unspecified atom stereocenters. The highest BCUT2D eigenvalue weighted by molar-refractivity contribution is 7.99. The minimum atomic E-state index is -0.240. The summed E-state index contributed by atoms with van der Waals surface area (Å²) in [6, 6.07) is 18.7. The van der Waals surface area contributed by atoms with Crippen molar-refractivity contribution in [3.05, 3.63) is 71.6 Å². The summed E-state index contributed by atoms with van der Waals surface area (Å²) in [4.78, 5) is 12.0. The maximum Gasteiger partial charge on any atom is 0.277 e. The summed E-state index contributed by atoms with van der Waals surface area (Å²) >= 11 is 1.16. The van der Waals surface area contributed by atoms with Crippen molar-refractivity contribution in [3.63, 3.8) is 0 Å². The molecule has 1 amide bonds. The van der Waals surface area contributed by atoms with E-state index in [9.17, 15) is 4.79 Å². The number of nitrogens with zero attached hydrogens (tertiary/aromatic N) is 3. The van der Waals surface area contributed by atoms with Crippen LogP contribution in [-0.4, -0.2) is 21.9 Å². The Hall–Kier alpha value is -3.11. The normalized spacial score (nSPS) is 10.2. The molecule has 7 heteroatoms. The molecule has 0 aliphatic rings. The lowest BCUT2D eigenvalue weighted by Crippen LogP contribution is -2.14.